The zero-order valence-electron chi connectivity index (χ0n) is 10.2. The van der Waals surface area contributed by atoms with Crippen molar-refractivity contribution in [2.24, 2.45) is 0 Å². The van der Waals surface area contributed by atoms with Gasteiger partial charge >= 0.3 is 0 Å². The molecule has 0 amide bonds. The molecule has 17 heavy (non-hydrogen) atoms. The summed E-state index contributed by atoms with van der Waals surface area (Å²) in [7, 11) is 1.52. The third kappa shape index (κ3) is 3.97. The number of hydrogen-bond donors (Lipinski definition) is 2. The van der Waals surface area contributed by atoms with Gasteiger partial charge in [0, 0.05) is 12.6 Å². The molecule has 0 radical (unpaired) electrons. The van der Waals surface area contributed by atoms with Crippen molar-refractivity contribution >= 4 is 0 Å². The summed E-state index contributed by atoms with van der Waals surface area (Å²) in [6.45, 7) is 2.71. The molecular weight excluding hydrogens is 216 g/mol. The highest BCUT2D eigenvalue weighted by Gasteiger charge is 2.06. The van der Waals surface area contributed by atoms with E-state index >= 15 is 0 Å². The van der Waals surface area contributed by atoms with Crippen LogP contribution in [0.3, 0.4) is 0 Å². The third-order valence-corrected chi connectivity index (χ3v) is 2.67. The van der Waals surface area contributed by atoms with Crippen LogP contribution < -0.4 is 10.1 Å². The van der Waals surface area contributed by atoms with Gasteiger partial charge in [-0.3, -0.25) is 0 Å². The zero-order chi connectivity index (χ0) is 12.7. The summed E-state index contributed by atoms with van der Waals surface area (Å²) in [6.07, 6.45) is 1.43. The molecule has 0 fully saturated rings. The normalized spacial score (nSPS) is 11.8. The smallest absolute Gasteiger partial charge is 0.160 e. The van der Waals surface area contributed by atoms with Gasteiger partial charge in [0.2, 0.25) is 0 Å². The SMILES string of the molecule is CCC(CC#N)NCc1ccc(O)c(OC)c1. The highest BCUT2D eigenvalue weighted by molar-refractivity contribution is 5.41. The summed E-state index contributed by atoms with van der Waals surface area (Å²) in [5.74, 6) is 0.609. The fourth-order valence-electron chi connectivity index (χ4n) is 1.57. The van der Waals surface area contributed by atoms with Crippen LogP contribution in [0, 0.1) is 11.3 Å². The van der Waals surface area contributed by atoms with Gasteiger partial charge in [0.15, 0.2) is 11.5 Å². The molecular formula is C13H18N2O2. The average molecular weight is 234 g/mol. The van der Waals surface area contributed by atoms with Gasteiger partial charge in [-0.05, 0) is 24.1 Å². The Balaban J connectivity index is 2.60. The predicted molar refractivity (Wildman–Crippen MR) is 65.8 cm³/mol. The number of rotatable bonds is 6. The lowest BCUT2D eigenvalue weighted by Crippen LogP contribution is -2.27. The van der Waals surface area contributed by atoms with Gasteiger partial charge in [-0.1, -0.05) is 13.0 Å². The van der Waals surface area contributed by atoms with Gasteiger partial charge < -0.3 is 15.2 Å². The lowest BCUT2D eigenvalue weighted by molar-refractivity contribution is 0.372. The monoisotopic (exact) mass is 234 g/mol. The molecule has 4 heteroatoms. The Hall–Kier alpha value is -1.73. The Kier molecular flexibility index (Phi) is 5.31. The van der Waals surface area contributed by atoms with Crippen LogP contribution in [0.4, 0.5) is 0 Å². The molecule has 0 saturated carbocycles. The summed E-state index contributed by atoms with van der Waals surface area (Å²) >= 11 is 0. The van der Waals surface area contributed by atoms with E-state index < -0.39 is 0 Å². The highest BCUT2D eigenvalue weighted by Crippen LogP contribution is 2.26. The van der Waals surface area contributed by atoms with E-state index in [1.165, 1.54) is 7.11 Å². The minimum Gasteiger partial charge on any atom is -0.504 e. The largest absolute Gasteiger partial charge is 0.504 e. The van der Waals surface area contributed by atoms with Crippen LogP contribution in [0.1, 0.15) is 25.3 Å². The van der Waals surface area contributed by atoms with E-state index in [0.717, 1.165) is 12.0 Å². The molecule has 1 rings (SSSR count). The number of aromatic hydroxyl groups is 1. The molecule has 2 N–H and O–H groups in total. The van der Waals surface area contributed by atoms with Crippen molar-refractivity contribution in [1.82, 2.24) is 5.32 Å². The minimum absolute atomic E-state index is 0.139. The number of nitrogens with zero attached hydrogens (tertiary/aromatic N) is 1. The number of hydrogen-bond acceptors (Lipinski definition) is 4. The number of phenols is 1. The first-order chi connectivity index (χ1) is 8.21. The Labute approximate surface area is 102 Å². The number of ether oxygens (including phenoxy) is 1. The second kappa shape index (κ2) is 6.77. The van der Waals surface area contributed by atoms with Crippen LogP contribution in [0.2, 0.25) is 0 Å². The molecule has 92 valence electrons. The maximum Gasteiger partial charge on any atom is 0.160 e. The lowest BCUT2D eigenvalue weighted by Gasteiger charge is -2.14. The van der Waals surface area contributed by atoms with Gasteiger partial charge in [0.05, 0.1) is 19.6 Å². The number of nitriles is 1. The van der Waals surface area contributed by atoms with E-state index in [4.69, 9.17) is 10.00 Å². The second-order valence-corrected chi connectivity index (χ2v) is 3.85. The first kappa shape index (κ1) is 13.3. The molecule has 0 spiro atoms. The van der Waals surface area contributed by atoms with Gasteiger partial charge in [0.1, 0.15) is 0 Å². The lowest BCUT2D eigenvalue weighted by atomic mass is 10.1. The van der Waals surface area contributed by atoms with Gasteiger partial charge in [-0.15, -0.1) is 0 Å². The molecule has 1 atom stereocenters. The van der Waals surface area contributed by atoms with Crippen LogP contribution in [-0.4, -0.2) is 18.3 Å². The van der Waals surface area contributed by atoms with Crippen LogP contribution in [0.5, 0.6) is 11.5 Å². The number of benzene rings is 1. The van der Waals surface area contributed by atoms with Crippen molar-refractivity contribution in [3.8, 4) is 17.6 Å². The molecule has 0 aliphatic carbocycles. The zero-order valence-corrected chi connectivity index (χ0v) is 10.2. The van der Waals surface area contributed by atoms with E-state index in [2.05, 4.69) is 11.4 Å². The second-order valence-electron chi connectivity index (χ2n) is 3.85. The van der Waals surface area contributed by atoms with Crippen molar-refractivity contribution in [3.05, 3.63) is 23.8 Å². The van der Waals surface area contributed by atoms with Crippen molar-refractivity contribution in [1.29, 1.82) is 5.26 Å². The summed E-state index contributed by atoms with van der Waals surface area (Å²) in [5.41, 5.74) is 1.02. The fourth-order valence-corrected chi connectivity index (χ4v) is 1.57. The highest BCUT2D eigenvalue weighted by atomic mass is 16.5. The minimum atomic E-state index is 0.139. The van der Waals surface area contributed by atoms with E-state index in [9.17, 15) is 5.11 Å². The Morgan fingerprint density at radius 1 is 1.53 bits per heavy atom. The molecule has 1 unspecified atom stereocenters. The van der Waals surface area contributed by atoms with Crippen LogP contribution in [-0.2, 0) is 6.54 Å². The van der Waals surface area contributed by atoms with E-state index in [1.807, 2.05) is 13.0 Å². The van der Waals surface area contributed by atoms with Crippen molar-refractivity contribution in [2.45, 2.75) is 32.4 Å². The third-order valence-electron chi connectivity index (χ3n) is 2.67. The maximum absolute atomic E-state index is 9.45. The molecule has 1 aromatic rings. The van der Waals surface area contributed by atoms with Crippen molar-refractivity contribution < 1.29 is 9.84 Å². The standard InChI is InChI=1S/C13H18N2O2/c1-3-11(6-7-14)15-9-10-4-5-12(16)13(8-10)17-2/h4-5,8,11,15-16H,3,6,9H2,1-2H3. The van der Waals surface area contributed by atoms with Crippen LogP contribution >= 0.6 is 0 Å². The molecule has 1 aromatic carbocycles. The summed E-state index contributed by atoms with van der Waals surface area (Å²) in [6, 6.07) is 7.61. The topological polar surface area (TPSA) is 65.3 Å². The van der Waals surface area contributed by atoms with Gasteiger partial charge in [-0.2, -0.15) is 5.26 Å². The predicted octanol–water partition coefficient (Wildman–Crippen LogP) is 2.18. The van der Waals surface area contributed by atoms with Gasteiger partial charge in [-0.25, -0.2) is 0 Å². The van der Waals surface area contributed by atoms with Crippen LogP contribution in [0.25, 0.3) is 0 Å². The summed E-state index contributed by atoms with van der Waals surface area (Å²) in [4.78, 5) is 0. The summed E-state index contributed by atoms with van der Waals surface area (Å²) < 4.78 is 5.04. The molecule has 4 nitrogen and oxygen atoms in total. The fraction of sp³-hybridized carbons (Fsp3) is 0.462. The molecule has 0 bridgehead atoms. The first-order valence-corrected chi connectivity index (χ1v) is 5.67. The first-order valence-electron chi connectivity index (χ1n) is 5.67. The van der Waals surface area contributed by atoms with E-state index in [1.54, 1.807) is 12.1 Å². The Bertz CT molecular complexity index is 399. The quantitative estimate of drug-likeness (QED) is 0.791. The number of phenolic OH excluding ortho intramolecular Hbond substituents is 1. The van der Waals surface area contributed by atoms with Crippen molar-refractivity contribution in [2.75, 3.05) is 7.11 Å². The maximum atomic E-state index is 9.45. The van der Waals surface area contributed by atoms with E-state index in [-0.39, 0.29) is 11.8 Å². The molecule has 0 saturated heterocycles. The molecule has 0 heterocycles. The molecule has 0 aromatic heterocycles. The van der Waals surface area contributed by atoms with E-state index in [0.29, 0.717) is 18.7 Å². The van der Waals surface area contributed by atoms with Crippen molar-refractivity contribution in [3.63, 3.8) is 0 Å². The molecule has 0 aliphatic heterocycles. The number of nitrogens with one attached hydrogen (secondary N) is 1. The van der Waals surface area contributed by atoms with Gasteiger partial charge in [0.25, 0.3) is 0 Å². The Morgan fingerprint density at radius 2 is 2.29 bits per heavy atom. The Morgan fingerprint density at radius 3 is 2.88 bits per heavy atom. The number of methoxy groups -OCH3 is 1. The average Bonchev–Trinajstić information content (AvgIpc) is 2.36. The molecule has 0 aliphatic rings. The summed E-state index contributed by atoms with van der Waals surface area (Å²) in [5, 5.41) is 21.4. The van der Waals surface area contributed by atoms with Crippen LogP contribution in [0.15, 0.2) is 18.2 Å².